The maximum absolute atomic E-state index is 5.45. The van der Waals surface area contributed by atoms with Crippen LogP contribution in [0.3, 0.4) is 0 Å². The summed E-state index contributed by atoms with van der Waals surface area (Å²) in [4.78, 5) is 0. The summed E-state index contributed by atoms with van der Waals surface area (Å²) < 4.78 is 5.45. The molecule has 1 heterocycles. The fourth-order valence-electron chi connectivity index (χ4n) is 1.03. The van der Waals surface area contributed by atoms with Gasteiger partial charge in [0.05, 0.1) is 6.61 Å². The molecule has 1 aliphatic rings. The normalized spacial score (nSPS) is 28.8. The van der Waals surface area contributed by atoms with Crippen molar-refractivity contribution in [2.75, 3.05) is 12.4 Å². The summed E-state index contributed by atoms with van der Waals surface area (Å²) in [6.07, 6.45) is 2.37. The Morgan fingerprint density at radius 1 is 1.80 bits per heavy atom. The van der Waals surface area contributed by atoms with Crippen LogP contribution in [0.25, 0.3) is 0 Å². The third kappa shape index (κ3) is 2.36. The molecule has 0 saturated carbocycles. The molecule has 0 aliphatic carbocycles. The van der Waals surface area contributed by atoms with E-state index in [0.717, 1.165) is 12.4 Å². The molecule has 0 amide bonds. The fourth-order valence-corrected chi connectivity index (χ4v) is 2.61. The van der Waals surface area contributed by atoms with E-state index in [4.69, 9.17) is 4.74 Å². The third-order valence-electron chi connectivity index (χ3n) is 1.55. The molecule has 0 aromatic heterocycles. The van der Waals surface area contributed by atoms with Crippen molar-refractivity contribution >= 4 is 24.4 Å². The smallest absolute Gasteiger partial charge is 0.114 e. The van der Waals surface area contributed by atoms with Crippen LogP contribution < -0.4 is 0 Å². The Bertz CT molecular complexity index is 91.6. The first-order valence-electron chi connectivity index (χ1n) is 3.76. The second-order valence-corrected chi connectivity index (χ2v) is 4.34. The minimum atomic E-state index is 0.364. The largest absolute Gasteiger partial charge is 0.366 e. The zero-order chi connectivity index (χ0) is 7.40. The lowest BCUT2D eigenvalue weighted by Gasteiger charge is -2.15. The molecular weight excluding hydrogens is 164 g/mol. The van der Waals surface area contributed by atoms with Crippen LogP contribution in [-0.2, 0) is 4.74 Å². The first-order chi connectivity index (χ1) is 4.84. The quantitative estimate of drug-likeness (QED) is 0.663. The van der Waals surface area contributed by atoms with Gasteiger partial charge in [-0.1, -0.05) is 13.3 Å². The molecule has 0 bridgehead atoms. The lowest BCUT2D eigenvalue weighted by atomic mass is 10.2. The molecule has 3 heteroatoms. The number of hydrogen-bond acceptors (Lipinski definition) is 3. The van der Waals surface area contributed by atoms with Gasteiger partial charge in [0.15, 0.2) is 0 Å². The highest BCUT2D eigenvalue weighted by Gasteiger charge is 2.22. The van der Waals surface area contributed by atoms with E-state index in [9.17, 15) is 0 Å². The number of thioether (sulfide) groups is 1. The van der Waals surface area contributed by atoms with Crippen molar-refractivity contribution < 1.29 is 4.74 Å². The average molecular weight is 178 g/mol. The topological polar surface area (TPSA) is 9.23 Å². The molecule has 1 nitrogen and oxygen atoms in total. The first-order valence-corrected chi connectivity index (χ1v) is 5.32. The maximum atomic E-state index is 5.45. The summed E-state index contributed by atoms with van der Waals surface area (Å²) >= 11 is 6.35. The standard InChI is InChI=1S/C7H14OS2/c1-2-3-6(9)7-8-4-5-10-7/h6-7,9H,2-5H2,1H3/t6?,7-/m1/s1. The summed E-state index contributed by atoms with van der Waals surface area (Å²) in [5.74, 6) is 1.14. The van der Waals surface area contributed by atoms with Gasteiger partial charge in [-0.15, -0.1) is 11.8 Å². The molecule has 1 saturated heterocycles. The van der Waals surface area contributed by atoms with Gasteiger partial charge in [0, 0.05) is 11.0 Å². The summed E-state index contributed by atoms with van der Waals surface area (Å²) in [6, 6.07) is 0. The van der Waals surface area contributed by atoms with E-state index in [1.54, 1.807) is 0 Å². The molecule has 2 atom stereocenters. The van der Waals surface area contributed by atoms with Crippen LogP contribution in [0.4, 0.5) is 0 Å². The van der Waals surface area contributed by atoms with Gasteiger partial charge >= 0.3 is 0 Å². The van der Waals surface area contributed by atoms with E-state index in [2.05, 4.69) is 19.6 Å². The Kier molecular flexibility index (Phi) is 3.96. The van der Waals surface area contributed by atoms with E-state index in [1.807, 2.05) is 11.8 Å². The molecule has 60 valence electrons. The first kappa shape index (κ1) is 8.75. The molecule has 1 rings (SSSR count). The van der Waals surface area contributed by atoms with E-state index in [-0.39, 0.29) is 0 Å². The molecule has 0 aromatic rings. The second-order valence-electron chi connectivity index (χ2n) is 2.47. The molecule has 0 aromatic carbocycles. The van der Waals surface area contributed by atoms with E-state index < -0.39 is 0 Å². The van der Waals surface area contributed by atoms with Crippen molar-refractivity contribution in [2.45, 2.75) is 30.5 Å². The van der Waals surface area contributed by atoms with Gasteiger partial charge in [0.25, 0.3) is 0 Å². The van der Waals surface area contributed by atoms with Crippen molar-refractivity contribution in [2.24, 2.45) is 0 Å². The van der Waals surface area contributed by atoms with Gasteiger partial charge in [0.2, 0.25) is 0 Å². The van der Waals surface area contributed by atoms with Crippen LogP contribution >= 0.6 is 24.4 Å². The average Bonchev–Trinajstić information content (AvgIpc) is 2.38. The molecule has 0 spiro atoms. The van der Waals surface area contributed by atoms with Gasteiger partial charge in [0.1, 0.15) is 5.44 Å². The predicted molar refractivity (Wildman–Crippen MR) is 49.9 cm³/mol. The van der Waals surface area contributed by atoms with Gasteiger partial charge < -0.3 is 4.74 Å². The predicted octanol–water partition coefficient (Wildman–Crippen LogP) is 2.17. The van der Waals surface area contributed by atoms with Gasteiger partial charge in [-0.3, -0.25) is 0 Å². The van der Waals surface area contributed by atoms with E-state index >= 15 is 0 Å². The summed E-state index contributed by atoms with van der Waals surface area (Å²) in [6.45, 7) is 3.10. The SMILES string of the molecule is CCCC(S)[C@@H]1OCCS1. The van der Waals surface area contributed by atoms with Crippen molar-refractivity contribution in [1.29, 1.82) is 0 Å². The van der Waals surface area contributed by atoms with Crippen LogP contribution in [0.2, 0.25) is 0 Å². The van der Waals surface area contributed by atoms with Gasteiger partial charge in [-0.2, -0.15) is 12.6 Å². The van der Waals surface area contributed by atoms with Crippen LogP contribution in [0.5, 0.6) is 0 Å². The minimum Gasteiger partial charge on any atom is -0.366 e. The van der Waals surface area contributed by atoms with E-state index in [0.29, 0.717) is 10.7 Å². The number of thiol groups is 1. The highest BCUT2D eigenvalue weighted by atomic mass is 32.2. The van der Waals surface area contributed by atoms with Gasteiger partial charge in [-0.05, 0) is 6.42 Å². The molecular formula is C7H14OS2. The molecule has 1 aliphatic heterocycles. The minimum absolute atomic E-state index is 0.364. The van der Waals surface area contributed by atoms with Crippen LogP contribution in [0, 0.1) is 0 Å². The Morgan fingerprint density at radius 3 is 3.10 bits per heavy atom. The van der Waals surface area contributed by atoms with Gasteiger partial charge in [-0.25, -0.2) is 0 Å². The molecule has 1 fully saturated rings. The second kappa shape index (κ2) is 4.52. The monoisotopic (exact) mass is 178 g/mol. The summed E-state index contributed by atoms with van der Waals surface area (Å²) in [5.41, 5.74) is 0.364. The Balaban J connectivity index is 2.18. The van der Waals surface area contributed by atoms with Crippen LogP contribution in [-0.4, -0.2) is 23.0 Å². The highest BCUT2D eigenvalue weighted by molar-refractivity contribution is 8.00. The maximum Gasteiger partial charge on any atom is 0.114 e. The fraction of sp³-hybridized carbons (Fsp3) is 1.00. The Hall–Kier alpha value is 0.660. The van der Waals surface area contributed by atoms with Crippen molar-refractivity contribution in [3.8, 4) is 0 Å². The zero-order valence-corrected chi connectivity index (χ0v) is 7.96. The molecule has 0 radical (unpaired) electrons. The lowest BCUT2D eigenvalue weighted by Crippen LogP contribution is -2.16. The van der Waals surface area contributed by atoms with E-state index in [1.165, 1.54) is 12.8 Å². The highest BCUT2D eigenvalue weighted by Crippen LogP contribution is 2.27. The molecule has 1 unspecified atom stereocenters. The Labute approximate surface area is 72.3 Å². The summed E-state index contributed by atoms with van der Waals surface area (Å²) in [7, 11) is 0. The third-order valence-corrected chi connectivity index (χ3v) is 3.47. The number of rotatable bonds is 3. The summed E-state index contributed by atoms with van der Waals surface area (Å²) in [5, 5.41) is 0.442. The van der Waals surface area contributed by atoms with Crippen LogP contribution in [0.15, 0.2) is 0 Å². The molecule has 0 N–H and O–H groups in total. The zero-order valence-electron chi connectivity index (χ0n) is 6.25. The van der Waals surface area contributed by atoms with Crippen molar-refractivity contribution in [3.05, 3.63) is 0 Å². The molecule has 10 heavy (non-hydrogen) atoms. The van der Waals surface area contributed by atoms with Crippen molar-refractivity contribution in [1.82, 2.24) is 0 Å². The Morgan fingerprint density at radius 2 is 2.60 bits per heavy atom. The van der Waals surface area contributed by atoms with Crippen LogP contribution in [0.1, 0.15) is 19.8 Å². The lowest BCUT2D eigenvalue weighted by molar-refractivity contribution is 0.140. The number of ether oxygens (including phenoxy) is 1. The number of hydrogen-bond donors (Lipinski definition) is 1. The van der Waals surface area contributed by atoms with Crippen molar-refractivity contribution in [3.63, 3.8) is 0 Å².